The number of rotatable bonds is 8. The number of benzene rings is 3. The second-order valence-corrected chi connectivity index (χ2v) is 12.3. The van der Waals surface area contributed by atoms with E-state index >= 15 is 0 Å². The third kappa shape index (κ3) is 6.79. The minimum absolute atomic E-state index is 0.000987. The van der Waals surface area contributed by atoms with E-state index in [9.17, 15) is 21.6 Å². The van der Waals surface area contributed by atoms with E-state index in [4.69, 9.17) is 28.3 Å². The number of nitrogens with zero attached hydrogens (tertiary/aromatic N) is 1. The molecule has 0 heterocycles. The molecule has 0 aliphatic carbocycles. The SMILES string of the molecule is NS(=O)(=O)c1ccc(NC(=O)CN(Cc2ccc(Cl)c(Cl)c2)S(=O)(=O)c2ccc(Br)cc2)cc1. The Hall–Kier alpha value is -1.99. The zero-order valence-corrected chi connectivity index (χ0v) is 22.0. The topological polar surface area (TPSA) is 127 Å². The second-order valence-electron chi connectivity index (χ2n) is 7.09. The molecule has 0 fully saturated rings. The van der Waals surface area contributed by atoms with Crippen molar-refractivity contribution < 1.29 is 21.6 Å². The van der Waals surface area contributed by atoms with Gasteiger partial charge in [0.05, 0.1) is 26.4 Å². The van der Waals surface area contributed by atoms with Gasteiger partial charge in [-0.1, -0.05) is 45.2 Å². The Morgan fingerprint density at radius 2 is 1.47 bits per heavy atom. The minimum Gasteiger partial charge on any atom is -0.325 e. The van der Waals surface area contributed by atoms with Crippen LogP contribution in [0.5, 0.6) is 0 Å². The molecule has 1 amide bonds. The fourth-order valence-corrected chi connectivity index (χ4v) is 5.40. The summed E-state index contributed by atoms with van der Waals surface area (Å²) in [6.45, 7) is -0.664. The van der Waals surface area contributed by atoms with Crippen molar-refractivity contribution in [2.45, 2.75) is 16.3 Å². The van der Waals surface area contributed by atoms with Crippen LogP contribution >= 0.6 is 39.1 Å². The molecule has 34 heavy (non-hydrogen) atoms. The summed E-state index contributed by atoms with van der Waals surface area (Å²) in [4.78, 5) is 12.6. The van der Waals surface area contributed by atoms with Gasteiger partial charge >= 0.3 is 0 Å². The maximum absolute atomic E-state index is 13.3. The lowest BCUT2D eigenvalue weighted by atomic mass is 10.2. The predicted octanol–water partition coefficient (Wildman–Crippen LogP) is 4.23. The van der Waals surface area contributed by atoms with Crippen molar-refractivity contribution in [2.75, 3.05) is 11.9 Å². The highest BCUT2D eigenvalue weighted by atomic mass is 79.9. The molecule has 0 spiro atoms. The summed E-state index contributed by atoms with van der Waals surface area (Å²) < 4.78 is 51.2. The van der Waals surface area contributed by atoms with Crippen LogP contribution in [0.25, 0.3) is 0 Å². The average molecular weight is 607 g/mol. The molecule has 3 rings (SSSR count). The molecule has 0 saturated carbocycles. The number of anilines is 1. The highest BCUT2D eigenvalue weighted by Gasteiger charge is 2.27. The molecular weight excluding hydrogens is 589 g/mol. The van der Waals surface area contributed by atoms with Crippen LogP contribution in [0.1, 0.15) is 5.56 Å². The Labute approximate surface area is 215 Å². The number of nitrogens with one attached hydrogen (secondary N) is 1. The maximum atomic E-state index is 13.3. The first kappa shape index (κ1) is 26.6. The Balaban J connectivity index is 1.87. The normalized spacial score (nSPS) is 12.0. The molecule has 0 atom stereocenters. The van der Waals surface area contributed by atoms with Gasteiger partial charge in [-0.2, -0.15) is 4.31 Å². The van der Waals surface area contributed by atoms with E-state index in [0.29, 0.717) is 15.1 Å². The van der Waals surface area contributed by atoms with Gasteiger partial charge in [-0.05, 0) is 66.2 Å². The van der Waals surface area contributed by atoms with Crippen molar-refractivity contribution in [3.8, 4) is 0 Å². The lowest BCUT2D eigenvalue weighted by Gasteiger charge is -2.22. The van der Waals surface area contributed by atoms with Gasteiger partial charge in [0, 0.05) is 16.7 Å². The van der Waals surface area contributed by atoms with Crippen molar-refractivity contribution in [3.63, 3.8) is 0 Å². The number of hydrogen-bond donors (Lipinski definition) is 2. The molecule has 0 saturated heterocycles. The number of hydrogen-bond acceptors (Lipinski definition) is 5. The van der Waals surface area contributed by atoms with Crippen molar-refractivity contribution >= 4 is 70.8 Å². The quantitative estimate of drug-likeness (QED) is 0.397. The van der Waals surface area contributed by atoms with Gasteiger partial charge in [-0.25, -0.2) is 22.0 Å². The number of carbonyl (C=O) groups excluding carboxylic acids is 1. The number of nitrogens with two attached hydrogens (primary N) is 1. The fraction of sp³-hybridized carbons (Fsp3) is 0.0952. The van der Waals surface area contributed by atoms with Crippen LogP contribution in [-0.2, 0) is 31.4 Å². The predicted molar refractivity (Wildman–Crippen MR) is 135 cm³/mol. The third-order valence-corrected chi connectivity index (χ3v) is 8.58. The van der Waals surface area contributed by atoms with E-state index in [2.05, 4.69) is 21.2 Å². The van der Waals surface area contributed by atoms with Crippen molar-refractivity contribution in [1.29, 1.82) is 0 Å². The number of amides is 1. The first-order valence-electron chi connectivity index (χ1n) is 9.48. The zero-order valence-electron chi connectivity index (χ0n) is 17.3. The smallest absolute Gasteiger partial charge is 0.243 e. The molecule has 3 aromatic rings. The second kappa shape index (κ2) is 10.7. The fourth-order valence-electron chi connectivity index (χ4n) is 2.91. The highest BCUT2D eigenvalue weighted by Crippen LogP contribution is 2.26. The van der Waals surface area contributed by atoms with Crippen LogP contribution in [0.4, 0.5) is 5.69 Å². The van der Waals surface area contributed by atoms with Gasteiger partial charge in [0.15, 0.2) is 0 Å². The first-order valence-corrected chi connectivity index (χ1v) is 14.0. The van der Waals surface area contributed by atoms with Crippen LogP contribution in [-0.4, -0.2) is 33.6 Å². The number of carbonyl (C=O) groups is 1. The summed E-state index contributed by atoms with van der Waals surface area (Å²) in [5.41, 5.74) is 0.799. The molecule has 0 aliphatic rings. The largest absolute Gasteiger partial charge is 0.325 e. The van der Waals surface area contributed by atoms with Gasteiger partial charge < -0.3 is 5.32 Å². The molecule has 0 unspecified atom stereocenters. The van der Waals surface area contributed by atoms with Crippen LogP contribution in [0, 0.1) is 0 Å². The molecule has 3 N–H and O–H groups in total. The van der Waals surface area contributed by atoms with E-state index in [0.717, 1.165) is 4.31 Å². The summed E-state index contributed by atoms with van der Waals surface area (Å²) in [5, 5.41) is 8.19. The molecule has 13 heteroatoms. The Bertz CT molecular complexity index is 1420. The highest BCUT2D eigenvalue weighted by molar-refractivity contribution is 9.10. The molecular formula is C21H18BrCl2N3O5S2. The molecule has 0 radical (unpaired) electrons. The van der Waals surface area contributed by atoms with Crippen molar-refractivity contribution in [3.05, 3.63) is 86.8 Å². The number of primary sulfonamides is 1. The van der Waals surface area contributed by atoms with Gasteiger partial charge in [-0.15, -0.1) is 0 Å². The maximum Gasteiger partial charge on any atom is 0.243 e. The van der Waals surface area contributed by atoms with E-state index in [1.54, 1.807) is 18.2 Å². The summed E-state index contributed by atoms with van der Waals surface area (Å²) in [6, 6.07) is 15.9. The van der Waals surface area contributed by atoms with E-state index in [1.165, 1.54) is 48.5 Å². The van der Waals surface area contributed by atoms with Gasteiger partial charge in [0.25, 0.3) is 0 Å². The summed E-state index contributed by atoms with van der Waals surface area (Å²) in [5.74, 6) is -0.635. The molecule has 180 valence electrons. The van der Waals surface area contributed by atoms with Crippen LogP contribution < -0.4 is 10.5 Å². The summed E-state index contributed by atoms with van der Waals surface area (Å²) in [6.07, 6.45) is 0. The lowest BCUT2D eigenvalue weighted by molar-refractivity contribution is -0.116. The molecule has 0 bridgehead atoms. The van der Waals surface area contributed by atoms with E-state index in [-0.39, 0.29) is 27.0 Å². The van der Waals surface area contributed by atoms with Gasteiger partial charge in [-0.3, -0.25) is 4.79 Å². The lowest BCUT2D eigenvalue weighted by Crippen LogP contribution is -2.37. The van der Waals surface area contributed by atoms with Crippen LogP contribution in [0.2, 0.25) is 10.0 Å². The van der Waals surface area contributed by atoms with E-state index < -0.39 is 32.5 Å². The minimum atomic E-state index is -4.07. The summed E-state index contributed by atoms with van der Waals surface area (Å²) >= 11 is 15.3. The van der Waals surface area contributed by atoms with Crippen molar-refractivity contribution in [2.24, 2.45) is 5.14 Å². The molecule has 0 aromatic heterocycles. The van der Waals surface area contributed by atoms with Gasteiger partial charge in [0.1, 0.15) is 0 Å². The first-order chi connectivity index (χ1) is 15.9. The molecule has 8 nitrogen and oxygen atoms in total. The molecule has 3 aromatic carbocycles. The monoisotopic (exact) mass is 605 g/mol. The average Bonchev–Trinajstić information content (AvgIpc) is 2.76. The Morgan fingerprint density at radius 3 is 2.03 bits per heavy atom. The van der Waals surface area contributed by atoms with Crippen LogP contribution in [0.3, 0.4) is 0 Å². The van der Waals surface area contributed by atoms with Gasteiger partial charge in [0.2, 0.25) is 26.0 Å². The molecule has 0 aliphatic heterocycles. The zero-order chi connectivity index (χ0) is 25.1. The Morgan fingerprint density at radius 1 is 0.882 bits per heavy atom. The van der Waals surface area contributed by atoms with E-state index in [1.807, 2.05) is 0 Å². The van der Waals surface area contributed by atoms with Crippen LogP contribution in [0.15, 0.2) is 81.0 Å². The van der Waals surface area contributed by atoms with Crippen molar-refractivity contribution in [1.82, 2.24) is 4.31 Å². The number of halogens is 3. The standard InChI is InChI=1S/C21H18BrCl2N3O5S2/c22-15-2-6-18(7-3-15)34(31,32)27(12-14-1-10-19(23)20(24)11-14)13-21(28)26-16-4-8-17(9-5-16)33(25,29)30/h1-11H,12-13H2,(H,26,28)(H2,25,29,30). The Kier molecular flexibility index (Phi) is 8.40. The summed E-state index contributed by atoms with van der Waals surface area (Å²) in [7, 11) is -7.96. The number of sulfonamides is 2. The third-order valence-electron chi connectivity index (χ3n) is 4.58.